The molecular formula is C9H17NO2. The van der Waals surface area contributed by atoms with E-state index in [0.29, 0.717) is 0 Å². The molecule has 0 N–H and O–H groups in total. The summed E-state index contributed by atoms with van der Waals surface area (Å²) in [5.74, 6) is 0.344. The van der Waals surface area contributed by atoms with E-state index in [1.54, 1.807) is 11.9 Å². The van der Waals surface area contributed by atoms with E-state index in [1.165, 1.54) is 0 Å². The summed E-state index contributed by atoms with van der Waals surface area (Å²) in [5, 5.41) is 0. The van der Waals surface area contributed by atoms with Crippen LogP contribution in [0.1, 0.15) is 27.7 Å². The second-order valence-corrected chi connectivity index (χ2v) is 4.13. The molecule has 1 saturated heterocycles. The summed E-state index contributed by atoms with van der Waals surface area (Å²) in [6, 6.07) is 0. The Labute approximate surface area is 73.7 Å². The van der Waals surface area contributed by atoms with Crippen molar-refractivity contribution >= 4 is 5.91 Å². The summed E-state index contributed by atoms with van der Waals surface area (Å²) in [6.45, 7) is 7.82. The van der Waals surface area contributed by atoms with E-state index in [0.717, 1.165) is 0 Å². The highest BCUT2D eigenvalue weighted by molar-refractivity contribution is 5.83. The summed E-state index contributed by atoms with van der Waals surface area (Å²) in [7, 11) is 1.78. The van der Waals surface area contributed by atoms with Crippen LogP contribution in [0.3, 0.4) is 0 Å². The number of carbonyl (C=O) groups is 1. The number of carbonyl (C=O) groups excluding carboxylic acids is 1. The monoisotopic (exact) mass is 171 g/mol. The molecule has 0 unspecified atom stereocenters. The average molecular weight is 171 g/mol. The van der Waals surface area contributed by atoms with Gasteiger partial charge < -0.3 is 9.64 Å². The van der Waals surface area contributed by atoms with Crippen molar-refractivity contribution in [3.05, 3.63) is 0 Å². The third-order valence-electron chi connectivity index (χ3n) is 2.40. The third-order valence-corrected chi connectivity index (χ3v) is 2.40. The minimum atomic E-state index is -0.438. The predicted octanol–water partition coefficient (Wildman–Crippen LogP) is 1.24. The van der Waals surface area contributed by atoms with Gasteiger partial charge in [-0.25, -0.2) is 0 Å². The lowest BCUT2D eigenvalue weighted by Gasteiger charge is -2.25. The summed E-state index contributed by atoms with van der Waals surface area (Å²) >= 11 is 0. The maximum absolute atomic E-state index is 11.6. The molecule has 1 amide bonds. The highest BCUT2D eigenvalue weighted by Crippen LogP contribution is 2.29. The van der Waals surface area contributed by atoms with E-state index < -0.39 is 5.72 Å². The Morgan fingerprint density at radius 1 is 1.50 bits per heavy atom. The average Bonchev–Trinajstić information content (AvgIpc) is 2.14. The van der Waals surface area contributed by atoms with Gasteiger partial charge in [-0.15, -0.1) is 0 Å². The van der Waals surface area contributed by atoms with Crippen molar-refractivity contribution in [1.29, 1.82) is 0 Å². The van der Waals surface area contributed by atoms with Crippen molar-refractivity contribution in [3.8, 4) is 0 Å². The zero-order valence-electron chi connectivity index (χ0n) is 8.42. The first-order chi connectivity index (χ1) is 5.36. The van der Waals surface area contributed by atoms with Gasteiger partial charge in [0.05, 0.1) is 0 Å². The molecular weight excluding hydrogens is 154 g/mol. The number of rotatable bonds is 1. The molecule has 0 aliphatic carbocycles. The van der Waals surface area contributed by atoms with Gasteiger partial charge in [0.2, 0.25) is 0 Å². The minimum Gasteiger partial charge on any atom is -0.343 e. The number of nitrogens with zero attached hydrogens (tertiary/aromatic N) is 1. The lowest BCUT2D eigenvalue weighted by atomic mass is 10.1. The van der Waals surface area contributed by atoms with Crippen LogP contribution in [-0.2, 0) is 9.53 Å². The fourth-order valence-electron chi connectivity index (χ4n) is 1.32. The molecule has 1 heterocycles. The maximum atomic E-state index is 11.6. The maximum Gasteiger partial charge on any atom is 0.254 e. The van der Waals surface area contributed by atoms with E-state index in [1.807, 2.05) is 27.7 Å². The smallest absolute Gasteiger partial charge is 0.254 e. The molecule has 0 saturated carbocycles. The van der Waals surface area contributed by atoms with Crippen LogP contribution < -0.4 is 0 Å². The number of likely N-dealkylation sites (N-methyl/N-ethyl adjacent to an activating group) is 1. The van der Waals surface area contributed by atoms with Crippen LogP contribution in [0.4, 0.5) is 0 Å². The molecule has 0 aromatic carbocycles. The van der Waals surface area contributed by atoms with Gasteiger partial charge in [-0.3, -0.25) is 4.79 Å². The molecule has 0 bridgehead atoms. The Kier molecular flexibility index (Phi) is 2.17. The summed E-state index contributed by atoms with van der Waals surface area (Å²) in [4.78, 5) is 13.2. The molecule has 1 aliphatic heterocycles. The SMILES string of the molecule is CC(C)[C@@H]1OC(C)(C)N(C)C1=O. The Bertz CT molecular complexity index is 199. The zero-order chi connectivity index (χ0) is 9.52. The van der Waals surface area contributed by atoms with Crippen LogP contribution in [0.5, 0.6) is 0 Å². The Morgan fingerprint density at radius 3 is 2.17 bits per heavy atom. The van der Waals surface area contributed by atoms with Crippen molar-refractivity contribution in [3.63, 3.8) is 0 Å². The number of hydrogen-bond acceptors (Lipinski definition) is 2. The molecule has 12 heavy (non-hydrogen) atoms. The minimum absolute atomic E-state index is 0.0926. The molecule has 3 nitrogen and oxygen atoms in total. The second-order valence-electron chi connectivity index (χ2n) is 4.13. The fourth-order valence-corrected chi connectivity index (χ4v) is 1.32. The van der Waals surface area contributed by atoms with Crippen molar-refractivity contribution < 1.29 is 9.53 Å². The standard InChI is InChI=1S/C9H17NO2/c1-6(2)7-8(11)10(5)9(3,4)12-7/h6-7H,1-5H3/t7-/m0/s1. The molecule has 0 radical (unpaired) electrons. The Hall–Kier alpha value is -0.570. The molecule has 0 aromatic rings. The van der Waals surface area contributed by atoms with Gasteiger partial charge in [0.25, 0.3) is 5.91 Å². The summed E-state index contributed by atoms with van der Waals surface area (Å²) < 4.78 is 5.61. The Morgan fingerprint density at radius 2 is 2.00 bits per heavy atom. The lowest BCUT2D eigenvalue weighted by molar-refractivity contribution is -0.130. The summed E-state index contributed by atoms with van der Waals surface area (Å²) in [6.07, 6.45) is -0.259. The van der Waals surface area contributed by atoms with E-state index in [2.05, 4.69) is 0 Å². The number of ether oxygens (including phenoxy) is 1. The first-order valence-corrected chi connectivity index (χ1v) is 4.32. The lowest BCUT2D eigenvalue weighted by Crippen LogP contribution is -2.38. The molecule has 1 aliphatic rings. The van der Waals surface area contributed by atoms with E-state index >= 15 is 0 Å². The Balaban J connectivity index is 2.81. The van der Waals surface area contributed by atoms with Gasteiger partial charge in [0.1, 0.15) is 11.8 Å². The van der Waals surface area contributed by atoms with Crippen LogP contribution in [-0.4, -0.2) is 29.7 Å². The first kappa shape index (κ1) is 9.52. The van der Waals surface area contributed by atoms with Crippen molar-refractivity contribution in [1.82, 2.24) is 4.90 Å². The van der Waals surface area contributed by atoms with Crippen molar-refractivity contribution in [2.75, 3.05) is 7.05 Å². The van der Waals surface area contributed by atoms with E-state index in [-0.39, 0.29) is 17.9 Å². The third kappa shape index (κ3) is 1.33. The van der Waals surface area contributed by atoms with Gasteiger partial charge in [0.15, 0.2) is 0 Å². The molecule has 70 valence electrons. The molecule has 1 fully saturated rings. The number of hydrogen-bond donors (Lipinski definition) is 0. The molecule has 0 aromatic heterocycles. The van der Waals surface area contributed by atoms with Gasteiger partial charge >= 0.3 is 0 Å². The first-order valence-electron chi connectivity index (χ1n) is 4.32. The molecule has 3 heteroatoms. The van der Waals surface area contributed by atoms with Gasteiger partial charge in [-0.1, -0.05) is 13.8 Å². The van der Waals surface area contributed by atoms with E-state index in [9.17, 15) is 4.79 Å². The highest BCUT2D eigenvalue weighted by atomic mass is 16.5. The zero-order valence-corrected chi connectivity index (χ0v) is 8.42. The highest BCUT2D eigenvalue weighted by Gasteiger charge is 2.44. The number of amides is 1. The van der Waals surface area contributed by atoms with Gasteiger partial charge in [-0.2, -0.15) is 0 Å². The van der Waals surface area contributed by atoms with Crippen molar-refractivity contribution in [2.24, 2.45) is 5.92 Å². The van der Waals surface area contributed by atoms with Crippen LogP contribution in [0.15, 0.2) is 0 Å². The molecule has 1 rings (SSSR count). The predicted molar refractivity (Wildman–Crippen MR) is 46.6 cm³/mol. The second kappa shape index (κ2) is 2.73. The topological polar surface area (TPSA) is 29.5 Å². The van der Waals surface area contributed by atoms with Gasteiger partial charge in [-0.05, 0) is 19.8 Å². The molecule has 1 atom stereocenters. The van der Waals surface area contributed by atoms with Gasteiger partial charge in [0, 0.05) is 7.05 Å². The van der Waals surface area contributed by atoms with E-state index in [4.69, 9.17) is 4.74 Å². The molecule has 0 spiro atoms. The quantitative estimate of drug-likeness (QED) is 0.594. The summed E-state index contributed by atoms with van der Waals surface area (Å²) in [5.41, 5.74) is -0.438. The largest absolute Gasteiger partial charge is 0.343 e. The van der Waals surface area contributed by atoms with Crippen LogP contribution in [0, 0.1) is 5.92 Å². The van der Waals surface area contributed by atoms with Crippen LogP contribution in [0.25, 0.3) is 0 Å². The fraction of sp³-hybridized carbons (Fsp3) is 0.889. The van der Waals surface area contributed by atoms with Crippen LogP contribution >= 0.6 is 0 Å². The normalized spacial score (nSPS) is 28.7. The van der Waals surface area contributed by atoms with Crippen molar-refractivity contribution in [2.45, 2.75) is 39.5 Å². The van der Waals surface area contributed by atoms with Crippen LogP contribution in [0.2, 0.25) is 0 Å².